The van der Waals surface area contributed by atoms with Crippen molar-refractivity contribution < 1.29 is 9.13 Å². The van der Waals surface area contributed by atoms with Crippen LogP contribution < -0.4 is 4.74 Å². The number of hydrogen-bond acceptors (Lipinski definition) is 4. The second-order valence-electron chi connectivity index (χ2n) is 6.41. The van der Waals surface area contributed by atoms with Gasteiger partial charge in [-0.3, -0.25) is 4.98 Å². The molecule has 2 atom stereocenters. The molecule has 2 aliphatic rings. The van der Waals surface area contributed by atoms with Crippen LogP contribution in [0.3, 0.4) is 0 Å². The Balaban J connectivity index is 0.000000815. The molecule has 0 spiro atoms. The molecule has 3 heterocycles. The van der Waals surface area contributed by atoms with Crippen molar-refractivity contribution in [2.75, 3.05) is 26.7 Å². The van der Waals surface area contributed by atoms with Gasteiger partial charge in [-0.2, -0.15) is 0 Å². The molecular weight excluding hydrogens is 305 g/mol. The molecule has 0 N–H and O–H groups in total. The highest BCUT2D eigenvalue weighted by molar-refractivity contribution is 5.78. The Hall–Kier alpha value is -1.75. The zero-order chi connectivity index (χ0) is 17.1. The molecule has 1 saturated carbocycles. The lowest BCUT2D eigenvalue weighted by atomic mass is 9.77. The Bertz CT molecular complexity index is 694. The van der Waals surface area contributed by atoms with Gasteiger partial charge in [-0.1, -0.05) is 13.8 Å². The summed E-state index contributed by atoms with van der Waals surface area (Å²) >= 11 is 0. The SMILES string of the molecule is CC.COc1ccc2ncc(F)c(CCN3CC4CCC4C3)c2n1. The zero-order valence-corrected chi connectivity index (χ0v) is 14.8. The molecule has 4 nitrogen and oxygen atoms in total. The summed E-state index contributed by atoms with van der Waals surface area (Å²) in [6.45, 7) is 7.24. The molecule has 2 aromatic heterocycles. The first kappa shape index (κ1) is 17.1. The number of likely N-dealkylation sites (tertiary alicyclic amines) is 1. The van der Waals surface area contributed by atoms with Crippen LogP contribution in [0.1, 0.15) is 32.3 Å². The standard InChI is InChI=1S/C17H20FN3O.C2H6/c1-22-16-5-4-15-17(20-16)13(14(18)8-19-15)6-7-21-9-11-2-3-12(11)10-21;1-2/h4-5,8,11-12H,2-3,6-7,9-10H2,1H3;1-2H3. The summed E-state index contributed by atoms with van der Waals surface area (Å²) in [7, 11) is 1.57. The van der Waals surface area contributed by atoms with Crippen molar-refractivity contribution in [3.05, 3.63) is 29.7 Å². The van der Waals surface area contributed by atoms with Gasteiger partial charge in [-0.15, -0.1) is 0 Å². The second-order valence-corrected chi connectivity index (χ2v) is 6.41. The fourth-order valence-corrected chi connectivity index (χ4v) is 3.74. The van der Waals surface area contributed by atoms with Gasteiger partial charge in [0.25, 0.3) is 0 Å². The van der Waals surface area contributed by atoms with E-state index in [2.05, 4.69) is 14.9 Å². The number of rotatable bonds is 4. The number of halogens is 1. The van der Waals surface area contributed by atoms with Crippen LogP contribution in [-0.2, 0) is 6.42 Å². The molecule has 0 radical (unpaired) electrons. The van der Waals surface area contributed by atoms with E-state index in [1.54, 1.807) is 13.2 Å². The normalized spacial score (nSPS) is 22.5. The van der Waals surface area contributed by atoms with Crippen molar-refractivity contribution in [1.29, 1.82) is 0 Å². The lowest BCUT2D eigenvalue weighted by Gasteiger charge is -2.28. The molecule has 130 valence electrons. The summed E-state index contributed by atoms with van der Waals surface area (Å²) in [4.78, 5) is 11.0. The van der Waals surface area contributed by atoms with Crippen LogP contribution in [-0.4, -0.2) is 41.6 Å². The molecule has 5 heteroatoms. The van der Waals surface area contributed by atoms with Gasteiger partial charge in [0.15, 0.2) is 0 Å². The number of pyridine rings is 2. The van der Waals surface area contributed by atoms with Crippen molar-refractivity contribution in [3.8, 4) is 5.88 Å². The minimum atomic E-state index is -0.268. The second kappa shape index (κ2) is 7.43. The fraction of sp³-hybridized carbons (Fsp3) is 0.579. The first-order chi connectivity index (χ1) is 11.7. The lowest BCUT2D eigenvalue weighted by Crippen LogP contribution is -2.23. The van der Waals surface area contributed by atoms with Crippen molar-refractivity contribution in [1.82, 2.24) is 14.9 Å². The van der Waals surface area contributed by atoms with Gasteiger partial charge < -0.3 is 9.64 Å². The monoisotopic (exact) mass is 331 g/mol. The van der Waals surface area contributed by atoms with Gasteiger partial charge in [-0.25, -0.2) is 9.37 Å². The van der Waals surface area contributed by atoms with Crippen molar-refractivity contribution in [2.45, 2.75) is 33.1 Å². The van der Waals surface area contributed by atoms with Crippen molar-refractivity contribution in [2.24, 2.45) is 11.8 Å². The third-order valence-electron chi connectivity index (χ3n) is 5.19. The van der Waals surface area contributed by atoms with Gasteiger partial charge in [0.2, 0.25) is 5.88 Å². The number of fused-ring (bicyclic) bond motifs is 2. The van der Waals surface area contributed by atoms with E-state index in [1.807, 2.05) is 19.9 Å². The molecule has 0 aromatic carbocycles. The summed E-state index contributed by atoms with van der Waals surface area (Å²) in [5.41, 5.74) is 2.00. The molecule has 1 aliphatic carbocycles. The van der Waals surface area contributed by atoms with E-state index in [0.29, 0.717) is 23.4 Å². The van der Waals surface area contributed by atoms with Crippen LogP contribution in [0.4, 0.5) is 4.39 Å². The molecule has 4 rings (SSSR count). The number of aromatic nitrogens is 2. The molecule has 2 unspecified atom stereocenters. The van der Waals surface area contributed by atoms with E-state index < -0.39 is 0 Å². The fourth-order valence-electron chi connectivity index (χ4n) is 3.74. The van der Waals surface area contributed by atoms with Crippen molar-refractivity contribution >= 4 is 11.0 Å². The largest absolute Gasteiger partial charge is 0.481 e. The topological polar surface area (TPSA) is 38.2 Å². The predicted octanol–water partition coefficient (Wildman–Crippen LogP) is 3.69. The average molecular weight is 331 g/mol. The molecule has 1 aliphatic heterocycles. The average Bonchev–Trinajstić information content (AvgIpc) is 2.89. The van der Waals surface area contributed by atoms with E-state index in [-0.39, 0.29) is 5.82 Å². The van der Waals surface area contributed by atoms with Gasteiger partial charge in [-0.05, 0) is 37.2 Å². The number of ether oxygens (including phenoxy) is 1. The van der Waals surface area contributed by atoms with E-state index in [1.165, 1.54) is 32.1 Å². The molecule has 1 saturated heterocycles. The van der Waals surface area contributed by atoms with Crippen molar-refractivity contribution in [3.63, 3.8) is 0 Å². The summed E-state index contributed by atoms with van der Waals surface area (Å²) in [5, 5.41) is 0. The molecule has 0 amide bonds. The first-order valence-corrected chi connectivity index (χ1v) is 8.95. The summed E-state index contributed by atoms with van der Waals surface area (Å²) in [6.07, 6.45) is 4.71. The van der Waals surface area contributed by atoms with E-state index in [9.17, 15) is 4.39 Å². The van der Waals surface area contributed by atoms with Crippen LogP contribution in [0.5, 0.6) is 5.88 Å². The van der Waals surface area contributed by atoms with Crippen LogP contribution in [0, 0.1) is 17.7 Å². The Morgan fingerprint density at radius 2 is 1.92 bits per heavy atom. The predicted molar refractivity (Wildman–Crippen MR) is 93.8 cm³/mol. The minimum absolute atomic E-state index is 0.268. The number of hydrogen-bond donors (Lipinski definition) is 0. The third-order valence-corrected chi connectivity index (χ3v) is 5.19. The van der Waals surface area contributed by atoms with Gasteiger partial charge >= 0.3 is 0 Å². The van der Waals surface area contributed by atoms with E-state index in [4.69, 9.17) is 4.74 Å². The molecule has 0 bridgehead atoms. The van der Waals surface area contributed by atoms with Gasteiger partial charge in [0.05, 0.1) is 24.3 Å². The zero-order valence-electron chi connectivity index (χ0n) is 14.8. The van der Waals surface area contributed by atoms with Crippen LogP contribution in [0.25, 0.3) is 11.0 Å². The quantitative estimate of drug-likeness (QED) is 0.856. The van der Waals surface area contributed by atoms with E-state index in [0.717, 1.165) is 23.9 Å². The third kappa shape index (κ3) is 3.22. The maximum absolute atomic E-state index is 14.2. The Labute approximate surface area is 143 Å². The number of methoxy groups -OCH3 is 1. The maximum Gasteiger partial charge on any atom is 0.213 e. The number of nitrogens with zero attached hydrogens (tertiary/aromatic N) is 3. The molecular formula is C19H26FN3O. The minimum Gasteiger partial charge on any atom is -0.481 e. The maximum atomic E-state index is 14.2. The van der Waals surface area contributed by atoms with Crippen LogP contribution in [0.2, 0.25) is 0 Å². The first-order valence-electron chi connectivity index (χ1n) is 8.95. The smallest absolute Gasteiger partial charge is 0.213 e. The van der Waals surface area contributed by atoms with Crippen LogP contribution >= 0.6 is 0 Å². The highest BCUT2D eigenvalue weighted by Gasteiger charge is 2.38. The molecule has 24 heavy (non-hydrogen) atoms. The summed E-state index contributed by atoms with van der Waals surface area (Å²) in [6, 6.07) is 3.59. The Morgan fingerprint density at radius 1 is 1.21 bits per heavy atom. The lowest BCUT2D eigenvalue weighted by molar-refractivity contribution is 0.243. The highest BCUT2D eigenvalue weighted by atomic mass is 19.1. The Kier molecular flexibility index (Phi) is 5.29. The van der Waals surface area contributed by atoms with Gasteiger partial charge in [0.1, 0.15) is 5.82 Å². The highest BCUT2D eigenvalue weighted by Crippen LogP contribution is 2.40. The summed E-state index contributed by atoms with van der Waals surface area (Å²) in [5.74, 6) is 2.00. The summed E-state index contributed by atoms with van der Waals surface area (Å²) < 4.78 is 19.4. The molecule has 2 aromatic rings. The Morgan fingerprint density at radius 3 is 2.54 bits per heavy atom. The van der Waals surface area contributed by atoms with Gasteiger partial charge in [0, 0.05) is 31.3 Å². The van der Waals surface area contributed by atoms with E-state index >= 15 is 0 Å². The molecule has 2 fully saturated rings. The van der Waals surface area contributed by atoms with Crippen LogP contribution in [0.15, 0.2) is 18.3 Å².